The molecular weight excluding hydrogens is 349 g/mol. The van der Waals surface area contributed by atoms with E-state index in [0.717, 1.165) is 16.8 Å². The molecule has 4 nitrogen and oxygen atoms in total. The summed E-state index contributed by atoms with van der Waals surface area (Å²) in [7, 11) is 0. The second-order valence-corrected chi connectivity index (χ2v) is 5.67. The summed E-state index contributed by atoms with van der Waals surface area (Å²) < 4.78 is 14.2. The lowest BCUT2D eigenvalue weighted by atomic mass is 10.1. The molecular formula is C16H15BrFN3O. The SMILES string of the molecule is Cc1cccc(C)c1NC(=O)N/N=C/c1ccc(Br)cc1F. The summed E-state index contributed by atoms with van der Waals surface area (Å²) in [4.78, 5) is 11.8. The Morgan fingerprint density at radius 3 is 2.55 bits per heavy atom. The smallest absolute Gasteiger partial charge is 0.306 e. The highest BCUT2D eigenvalue weighted by Gasteiger charge is 2.06. The van der Waals surface area contributed by atoms with E-state index >= 15 is 0 Å². The molecule has 0 heterocycles. The fourth-order valence-electron chi connectivity index (χ4n) is 1.92. The summed E-state index contributed by atoms with van der Waals surface area (Å²) in [5.41, 5.74) is 5.26. The van der Waals surface area contributed by atoms with Crippen molar-refractivity contribution < 1.29 is 9.18 Å². The maximum atomic E-state index is 13.6. The van der Waals surface area contributed by atoms with Gasteiger partial charge in [-0.2, -0.15) is 5.10 Å². The van der Waals surface area contributed by atoms with E-state index in [1.807, 2.05) is 32.0 Å². The summed E-state index contributed by atoms with van der Waals surface area (Å²) >= 11 is 3.17. The highest BCUT2D eigenvalue weighted by molar-refractivity contribution is 9.10. The number of urea groups is 1. The van der Waals surface area contributed by atoms with Crippen molar-refractivity contribution in [2.24, 2.45) is 5.10 Å². The normalized spacial score (nSPS) is 10.7. The van der Waals surface area contributed by atoms with Gasteiger partial charge >= 0.3 is 6.03 Å². The first-order valence-electron chi connectivity index (χ1n) is 6.58. The van der Waals surface area contributed by atoms with Crippen LogP contribution in [0.25, 0.3) is 0 Å². The number of carbonyl (C=O) groups excluding carboxylic acids is 1. The molecule has 0 aromatic heterocycles. The van der Waals surface area contributed by atoms with Gasteiger partial charge in [-0.05, 0) is 43.2 Å². The molecule has 0 saturated heterocycles. The van der Waals surface area contributed by atoms with Crippen LogP contribution in [0.3, 0.4) is 0 Å². The predicted molar refractivity (Wildman–Crippen MR) is 89.8 cm³/mol. The van der Waals surface area contributed by atoms with Crippen LogP contribution >= 0.6 is 15.9 Å². The molecule has 2 aromatic rings. The monoisotopic (exact) mass is 363 g/mol. The Morgan fingerprint density at radius 1 is 1.23 bits per heavy atom. The number of nitrogens with zero attached hydrogens (tertiary/aromatic N) is 1. The number of anilines is 1. The van der Waals surface area contributed by atoms with Crippen molar-refractivity contribution in [1.82, 2.24) is 5.43 Å². The number of carbonyl (C=O) groups is 1. The molecule has 0 spiro atoms. The van der Waals surface area contributed by atoms with E-state index in [-0.39, 0.29) is 5.56 Å². The van der Waals surface area contributed by atoms with Gasteiger partial charge in [0.25, 0.3) is 0 Å². The second-order valence-electron chi connectivity index (χ2n) is 4.76. The second kappa shape index (κ2) is 7.17. The maximum absolute atomic E-state index is 13.6. The first-order chi connectivity index (χ1) is 10.5. The molecule has 0 fully saturated rings. The number of halogens is 2. The molecule has 2 N–H and O–H groups in total. The summed E-state index contributed by atoms with van der Waals surface area (Å²) in [6.07, 6.45) is 1.26. The predicted octanol–water partition coefficient (Wildman–Crippen LogP) is 4.36. The summed E-state index contributed by atoms with van der Waals surface area (Å²) in [6, 6.07) is 9.84. The summed E-state index contributed by atoms with van der Waals surface area (Å²) in [6.45, 7) is 3.81. The van der Waals surface area contributed by atoms with Crippen molar-refractivity contribution in [3.05, 3.63) is 63.4 Å². The van der Waals surface area contributed by atoms with Gasteiger partial charge in [0.15, 0.2) is 0 Å². The number of hydrogen-bond donors (Lipinski definition) is 2. The Bertz CT molecular complexity index is 711. The van der Waals surface area contributed by atoms with E-state index in [1.54, 1.807) is 12.1 Å². The van der Waals surface area contributed by atoms with Gasteiger partial charge in [0.05, 0.1) is 6.21 Å². The zero-order chi connectivity index (χ0) is 16.1. The van der Waals surface area contributed by atoms with Gasteiger partial charge in [0.1, 0.15) is 5.82 Å². The fraction of sp³-hybridized carbons (Fsp3) is 0.125. The van der Waals surface area contributed by atoms with Crippen LogP contribution in [0.5, 0.6) is 0 Å². The Balaban J connectivity index is 1.99. The third-order valence-corrected chi connectivity index (χ3v) is 3.55. The zero-order valence-electron chi connectivity index (χ0n) is 12.2. The van der Waals surface area contributed by atoms with E-state index in [9.17, 15) is 9.18 Å². The number of hydrazone groups is 1. The minimum absolute atomic E-state index is 0.288. The van der Waals surface area contributed by atoms with Gasteiger partial charge in [0.2, 0.25) is 0 Å². The Hall–Kier alpha value is -2.21. The van der Waals surface area contributed by atoms with Crippen LogP contribution in [0.2, 0.25) is 0 Å². The minimum atomic E-state index is -0.480. The molecule has 0 atom stereocenters. The minimum Gasteiger partial charge on any atom is -0.306 e. The number of rotatable bonds is 3. The standard InChI is InChI=1S/C16H15BrFN3O/c1-10-4-3-5-11(2)15(10)20-16(22)21-19-9-12-6-7-13(17)8-14(12)18/h3-9H,1-2H3,(H2,20,21,22)/b19-9+. The molecule has 0 bridgehead atoms. The summed E-state index contributed by atoms with van der Waals surface area (Å²) in [5.74, 6) is -0.421. The fourth-order valence-corrected chi connectivity index (χ4v) is 2.25. The van der Waals surface area contributed by atoms with Gasteiger partial charge in [-0.25, -0.2) is 14.6 Å². The van der Waals surface area contributed by atoms with E-state index in [1.165, 1.54) is 12.3 Å². The molecule has 114 valence electrons. The average molecular weight is 364 g/mol. The number of nitrogens with one attached hydrogen (secondary N) is 2. The Kier molecular flexibility index (Phi) is 5.27. The lowest BCUT2D eigenvalue weighted by Crippen LogP contribution is -2.25. The number of amides is 2. The Labute approximate surface area is 136 Å². The van der Waals surface area contributed by atoms with Gasteiger partial charge < -0.3 is 5.32 Å². The molecule has 0 aliphatic carbocycles. The van der Waals surface area contributed by atoms with Crippen LogP contribution in [0, 0.1) is 19.7 Å². The van der Waals surface area contributed by atoms with E-state index in [4.69, 9.17) is 0 Å². The highest BCUT2D eigenvalue weighted by atomic mass is 79.9. The lowest BCUT2D eigenvalue weighted by Gasteiger charge is -2.10. The first-order valence-corrected chi connectivity index (χ1v) is 7.38. The van der Waals surface area contributed by atoms with E-state index in [2.05, 4.69) is 31.8 Å². The number of aryl methyl sites for hydroxylation is 2. The van der Waals surface area contributed by atoms with Gasteiger partial charge in [-0.1, -0.05) is 34.1 Å². The molecule has 2 amide bonds. The van der Waals surface area contributed by atoms with Gasteiger partial charge in [0, 0.05) is 15.7 Å². The molecule has 0 saturated carbocycles. The van der Waals surface area contributed by atoms with Crippen LogP contribution in [0.15, 0.2) is 46.0 Å². The third kappa shape index (κ3) is 4.14. The van der Waals surface area contributed by atoms with Crippen LogP contribution in [-0.4, -0.2) is 12.2 Å². The molecule has 2 rings (SSSR count). The largest absolute Gasteiger partial charge is 0.339 e. The number of para-hydroxylation sites is 1. The maximum Gasteiger partial charge on any atom is 0.339 e. The molecule has 0 radical (unpaired) electrons. The first kappa shape index (κ1) is 16.2. The molecule has 0 aliphatic rings. The van der Waals surface area contributed by atoms with Crippen LogP contribution < -0.4 is 10.7 Å². The van der Waals surface area contributed by atoms with Crippen molar-refractivity contribution in [2.45, 2.75) is 13.8 Å². The Morgan fingerprint density at radius 2 is 1.91 bits per heavy atom. The molecule has 2 aromatic carbocycles. The van der Waals surface area contributed by atoms with Crippen molar-refractivity contribution >= 4 is 33.9 Å². The highest BCUT2D eigenvalue weighted by Crippen LogP contribution is 2.19. The van der Waals surface area contributed by atoms with Crippen LogP contribution in [0.4, 0.5) is 14.9 Å². The van der Waals surface area contributed by atoms with Gasteiger partial charge in [-0.3, -0.25) is 0 Å². The van der Waals surface area contributed by atoms with Crippen molar-refractivity contribution in [3.63, 3.8) is 0 Å². The zero-order valence-corrected chi connectivity index (χ0v) is 13.7. The molecule has 22 heavy (non-hydrogen) atoms. The quantitative estimate of drug-likeness (QED) is 0.617. The van der Waals surface area contributed by atoms with Crippen LogP contribution in [0.1, 0.15) is 16.7 Å². The molecule has 0 aliphatic heterocycles. The number of hydrogen-bond acceptors (Lipinski definition) is 2. The topological polar surface area (TPSA) is 53.5 Å². The molecule has 0 unspecified atom stereocenters. The number of benzene rings is 2. The third-order valence-electron chi connectivity index (χ3n) is 3.05. The van der Waals surface area contributed by atoms with Crippen LogP contribution in [-0.2, 0) is 0 Å². The lowest BCUT2D eigenvalue weighted by molar-refractivity contribution is 0.252. The summed E-state index contributed by atoms with van der Waals surface area (Å²) in [5, 5.41) is 6.47. The van der Waals surface area contributed by atoms with E-state index in [0.29, 0.717) is 4.47 Å². The molecule has 6 heteroatoms. The van der Waals surface area contributed by atoms with Crippen molar-refractivity contribution in [1.29, 1.82) is 0 Å². The van der Waals surface area contributed by atoms with Crippen molar-refractivity contribution in [2.75, 3.05) is 5.32 Å². The van der Waals surface area contributed by atoms with Crippen molar-refractivity contribution in [3.8, 4) is 0 Å². The van der Waals surface area contributed by atoms with Gasteiger partial charge in [-0.15, -0.1) is 0 Å². The van der Waals surface area contributed by atoms with E-state index < -0.39 is 11.8 Å². The average Bonchev–Trinajstić information content (AvgIpc) is 2.45.